The summed E-state index contributed by atoms with van der Waals surface area (Å²) in [6.07, 6.45) is 0.130. The van der Waals surface area contributed by atoms with Crippen molar-refractivity contribution in [3.8, 4) is 5.75 Å². The van der Waals surface area contributed by atoms with Crippen molar-refractivity contribution in [2.75, 3.05) is 19.0 Å². The fourth-order valence-corrected chi connectivity index (χ4v) is 2.21. The zero-order valence-corrected chi connectivity index (χ0v) is 10.7. The summed E-state index contributed by atoms with van der Waals surface area (Å²) in [6, 6.07) is 7.75. The topological polar surface area (TPSA) is 32.7 Å². The summed E-state index contributed by atoms with van der Waals surface area (Å²) in [7, 11) is 0. The molecule has 1 aliphatic heterocycles. The smallest absolute Gasteiger partial charge is 0.115 e. The summed E-state index contributed by atoms with van der Waals surface area (Å²) in [5.41, 5.74) is 1.20. The predicted molar refractivity (Wildman–Crippen MR) is 68.4 cm³/mol. The van der Waals surface area contributed by atoms with Crippen molar-refractivity contribution in [2.24, 2.45) is 0 Å². The molecule has 1 heterocycles. The molecule has 1 saturated heterocycles. The van der Waals surface area contributed by atoms with Gasteiger partial charge in [-0.25, -0.2) is 0 Å². The minimum Gasteiger partial charge on any atom is -0.508 e. The van der Waals surface area contributed by atoms with E-state index in [4.69, 9.17) is 16.3 Å². The second-order valence-corrected chi connectivity index (χ2v) is 4.86. The molecule has 0 bridgehead atoms. The number of halogens is 1. The molecule has 94 valence electrons. The number of alkyl halides is 1. The van der Waals surface area contributed by atoms with Gasteiger partial charge in [0.1, 0.15) is 5.75 Å². The number of phenols is 1. The quantitative estimate of drug-likeness (QED) is 0.841. The molecule has 17 heavy (non-hydrogen) atoms. The number of benzene rings is 1. The van der Waals surface area contributed by atoms with Gasteiger partial charge in [-0.05, 0) is 24.6 Å². The number of phenolic OH excluding ortho intramolecular Hbond substituents is 1. The fraction of sp³-hybridized carbons (Fsp3) is 0.538. The van der Waals surface area contributed by atoms with Crippen molar-refractivity contribution in [2.45, 2.75) is 25.6 Å². The molecular formula is C13H18ClNO2. The van der Waals surface area contributed by atoms with Crippen LogP contribution >= 0.6 is 11.6 Å². The molecule has 0 aromatic heterocycles. The van der Waals surface area contributed by atoms with Crippen molar-refractivity contribution in [1.29, 1.82) is 0 Å². The molecule has 3 nitrogen and oxygen atoms in total. The Bertz CT molecular complexity index is 355. The van der Waals surface area contributed by atoms with Crippen molar-refractivity contribution in [3.05, 3.63) is 29.8 Å². The van der Waals surface area contributed by atoms with E-state index >= 15 is 0 Å². The second kappa shape index (κ2) is 5.71. The van der Waals surface area contributed by atoms with Crippen molar-refractivity contribution in [3.63, 3.8) is 0 Å². The lowest BCUT2D eigenvalue weighted by atomic mass is 10.1. The minimum absolute atomic E-state index is 0.130. The molecule has 2 unspecified atom stereocenters. The maximum atomic E-state index is 9.24. The lowest BCUT2D eigenvalue weighted by Gasteiger charge is -2.37. The average Bonchev–Trinajstić information content (AvgIpc) is 2.35. The molecule has 1 aliphatic rings. The van der Waals surface area contributed by atoms with Crippen LogP contribution in [0.3, 0.4) is 0 Å². The van der Waals surface area contributed by atoms with Gasteiger partial charge >= 0.3 is 0 Å². The SMILES string of the molecule is CC1COC(CCl)CN1Cc1ccc(O)cc1. The normalized spacial score (nSPS) is 26.0. The highest BCUT2D eigenvalue weighted by Crippen LogP contribution is 2.17. The number of hydrogen-bond donors (Lipinski definition) is 1. The first-order chi connectivity index (χ1) is 8.19. The Labute approximate surface area is 107 Å². The van der Waals surface area contributed by atoms with Crippen LogP contribution in [-0.4, -0.2) is 41.2 Å². The highest BCUT2D eigenvalue weighted by molar-refractivity contribution is 6.18. The lowest BCUT2D eigenvalue weighted by Crippen LogP contribution is -2.48. The Hall–Kier alpha value is -0.770. The predicted octanol–water partition coefficient (Wildman–Crippen LogP) is 2.22. The lowest BCUT2D eigenvalue weighted by molar-refractivity contribution is -0.0510. The zero-order valence-electron chi connectivity index (χ0n) is 9.97. The van der Waals surface area contributed by atoms with Gasteiger partial charge in [-0.15, -0.1) is 11.6 Å². The van der Waals surface area contributed by atoms with Gasteiger partial charge in [-0.3, -0.25) is 4.90 Å². The van der Waals surface area contributed by atoms with Crippen LogP contribution in [0, 0.1) is 0 Å². The first kappa shape index (κ1) is 12.7. The molecule has 2 atom stereocenters. The summed E-state index contributed by atoms with van der Waals surface area (Å²) in [4.78, 5) is 2.36. The molecule has 1 aromatic rings. The van der Waals surface area contributed by atoms with Gasteiger partial charge in [0.15, 0.2) is 0 Å². The van der Waals surface area contributed by atoms with Gasteiger partial charge in [-0.2, -0.15) is 0 Å². The van der Waals surface area contributed by atoms with E-state index in [1.54, 1.807) is 12.1 Å². The minimum atomic E-state index is 0.130. The number of morpholine rings is 1. The van der Waals surface area contributed by atoms with E-state index in [0.717, 1.165) is 19.7 Å². The van der Waals surface area contributed by atoms with E-state index in [0.29, 0.717) is 17.7 Å². The highest BCUT2D eigenvalue weighted by atomic mass is 35.5. The van der Waals surface area contributed by atoms with Crippen LogP contribution in [0.25, 0.3) is 0 Å². The molecule has 2 rings (SSSR count). The summed E-state index contributed by atoms with van der Waals surface area (Å²) in [6.45, 7) is 4.63. The number of rotatable bonds is 3. The monoisotopic (exact) mass is 255 g/mol. The van der Waals surface area contributed by atoms with Crippen LogP contribution in [0.1, 0.15) is 12.5 Å². The Balaban J connectivity index is 1.98. The molecule has 0 aliphatic carbocycles. The largest absolute Gasteiger partial charge is 0.508 e. The van der Waals surface area contributed by atoms with E-state index in [1.807, 2.05) is 12.1 Å². The first-order valence-corrected chi connectivity index (χ1v) is 6.42. The third-order valence-corrected chi connectivity index (χ3v) is 3.47. The molecule has 0 amide bonds. The zero-order chi connectivity index (χ0) is 12.3. The van der Waals surface area contributed by atoms with Gasteiger partial charge in [0.25, 0.3) is 0 Å². The van der Waals surface area contributed by atoms with Gasteiger partial charge in [0.2, 0.25) is 0 Å². The second-order valence-electron chi connectivity index (χ2n) is 4.55. The molecule has 1 fully saturated rings. The maximum Gasteiger partial charge on any atom is 0.115 e. The molecule has 4 heteroatoms. The van der Waals surface area contributed by atoms with E-state index < -0.39 is 0 Å². The number of aromatic hydroxyl groups is 1. The molecule has 0 spiro atoms. The van der Waals surface area contributed by atoms with Gasteiger partial charge in [-0.1, -0.05) is 12.1 Å². The van der Waals surface area contributed by atoms with Crippen LogP contribution in [0.2, 0.25) is 0 Å². The summed E-state index contributed by atoms with van der Waals surface area (Å²) >= 11 is 5.83. The Morgan fingerprint density at radius 3 is 2.76 bits per heavy atom. The van der Waals surface area contributed by atoms with Crippen LogP contribution in [-0.2, 0) is 11.3 Å². The number of ether oxygens (including phenoxy) is 1. The van der Waals surface area contributed by atoms with Gasteiger partial charge in [0, 0.05) is 25.0 Å². The molecule has 1 N–H and O–H groups in total. The van der Waals surface area contributed by atoms with E-state index in [1.165, 1.54) is 5.56 Å². The fourth-order valence-electron chi connectivity index (χ4n) is 2.02. The van der Waals surface area contributed by atoms with Crippen molar-refractivity contribution >= 4 is 11.6 Å². The average molecular weight is 256 g/mol. The van der Waals surface area contributed by atoms with Crippen molar-refractivity contribution < 1.29 is 9.84 Å². The summed E-state index contributed by atoms with van der Waals surface area (Å²) in [5.74, 6) is 0.848. The third-order valence-electron chi connectivity index (χ3n) is 3.13. The standard InChI is InChI=1S/C13H18ClNO2/c1-10-9-17-13(6-14)8-15(10)7-11-2-4-12(16)5-3-11/h2-5,10,13,16H,6-9H2,1H3. The molecular weight excluding hydrogens is 238 g/mol. The molecule has 0 radical (unpaired) electrons. The Morgan fingerprint density at radius 2 is 2.12 bits per heavy atom. The van der Waals surface area contributed by atoms with Gasteiger partial charge < -0.3 is 9.84 Å². The van der Waals surface area contributed by atoms with Crippen LogP contribution in [0.4, 0.5) is 0 Å². The maximum absolute atomic E-state index is 9.24. The highest BCUT2D eigenvalue weighted by Gasteiger charge is 2.25. The van der Waals surface area contributed by atoms with Crippen LogP contribution in [0.5, 0.6) is 5.75 Å². The van der Waals surface area contributed by atoms with E-state index in [2.05, 4.69) is 11.8 Å². The number of hydrogen-bond acceptors (Lipinski definition) is 3. The van der Waals surface area contributed by atoms with Crippen molar-refractivity contribution in [1.82, 2.24) is 4.90 Å². The number of nitrogens with zero attached hydrogens (tertiary/aromatic N) is 1. The summed E-state index contributed by atoms with van der Waals surface area (Å²) < 4.78 is 5.61. The molecule has 1 aromatic carbocycles. The van der Waals surface area contributed by atoms with Crippen LogP contribution < -0.4 is 0 Å². The van der Waals surface area contributed by atoms with E-state index in [9.17, 15) is 5.11 Å². The Kier molecular flexibility index (Phi) is 4.26. The Morgan fingerprint density at radius 1 is 1.41 bits per heavy atom. The first-order valence-electron chi connectivity index (χ1n) is 5.88. The third kappa shape index (κ3) is 3.35. The van der Waals surface area contributed by atoms with E-state index in [-0.39, 0.29) is 6.10 Å². The summed E-state index contributed by atoms with van der Waals surface area (Å²) in [5, 5.41) is 9.24. The van der Waals surface area contributed by atoms with Crippen LogP contribution in [0.15, 0.2) is 24.3 Å². The molecule has 0 saturated carbocycles. The van der Waals surface area contributed by atoms with Gasteiger partial charge in [0.05, 0.1) is 12.7 Å².